The van der Waals surface area contributed by atoms with E-state index in [1.54, 1.807) is 43.8 Å². The van der Waals surface area contributed by atoms with E-state index in [4.69, 9.17) is 21.1 Å². The average Bonchev–Trinajstić information content (AvgIpc) is 2.77. The van der Waals surface area contributed by atoms with Gasteiger partial charge in [0.2, 0.25) is 11.8 Å². The number of nitrogens with one attached hydrogen (secondary N) is 1. The summed E-state index contributed by atoms with van der Waals surface area (Å²) in [7, 11) is 1.56. The third-order valence-electron chi connectivity index (χ3n) is 4.17. The van der Waals surface area contributed by atoms with Crippen LogP contribution in [0.3, 0.4) is 0 Å². The standard InChI is InChI=1S/C22H16ClFN4O2/c1-29-21-17(4-2-10-25-21)18-5-3-11-26-22(18)30-16-8-6-15(7-9-16)28-20-19(24)12-14(23)13-27-20/h2-13H,1H3,(H,27,28). The lowest BCUT2D eigenvalue weighted by atomic mass is 10.1. The molecule has 0 atom stereocenters. The fourth-order valence-electron chi connectivity index (χ4n) is 2.80. The van der Waals surface area contributed by atoms with Gasteiger partial charge in [-0.05, 0) is 54.6 Å². The average molecular weight is 423 g/mol. The number of benzene rings is 1. The zero-order valence-corrected chi connectivity index (χ0v) is 16.6. The van der Waals surface area contributed by atoms with Crippen LogP contribution in [0.1, 0.15) is 0 Å². The van der Waals surface area contributed by atoms with Crippen molar-refractivity contribution in [3.8, 4) is 28.6 Å². The second kappa shape index (κ2) is 8.75. The molecule has 0 unspecified atom stereocenters. The minimum absolute atomic E-state index is 0.0868. The summed E-state index contributed by atoms with van der Waals surface area (Å²) in [6.45, 7) is 0. The van der Waals surface area contributed by atoms with Gasteiger partial charge in [-0.15, -0.1) is 0 Å². The highest BCUT2D eigenvalue weighted by molar-refractivity contribution is 6.30. The third-order valence-corrected chi connectivity index (χ3v) is 4.37. The summed E-state index contributed by atoms with van der Waals surface area (Å²) in [5.74, 6) is 1.00. The van der Waals surface area contributed by atoms with E-state index in [0.29, 0.717) is 23.2 Å². The molecule has 0 saturated heterocycles. The van der Waals surface area contributed by atoms with Crippen LogP contribution >= 0.6 is 11.6 Å². The van der Waals surface area contributed by atoms with Gasteiger partial charge in [-0.25, -0.2) is 19.3 Å². The zero-order chi connectivity index (χ0) is 20.9. The molecule has 0 aliphatic carbocycles. The highest BCUT2D eigenvalue weighted by Gasteiger charge is 2.14. The molecule has 1 N–H and O–H groups in total. The SMILES string of the molecule is COc1ncccc1-c1cccnc1Oc1ccc(Nc2ncc(Cl)cc2F)cc1. The fraction of sp³-hybridized carbons (Fsp3) is 0.0455. The maximum Gasteiger partial charge on any atom is 0.227 e. The van der Waals surface area contributed by atoms with E-state index in [0.717, 1.165) is 11.1 Å². The summed E-state index contributed by atoms with van der Waals surface area (Å²) in [5, 5.41) is 3.14. The summed E-state index contributed by atoms with van der Waals surface area (Å²) in [6, 6.07) is 15.6. The van der Waals surface area contributed by atoms with Crippen LogP contribution in [0.15, 0.2) is 73.2 Å². The molecule has 0 aliphatic heterocycles. The van der Waals surface area contributed by atoms with Crippen LogP contribution in [0, 0.1) is 5.82 Å². The predicted molar refractivity (Wildman–Crippen MR) is 113 cm³/mol. The minimum atomic E-state index is -0.536. The first kappa shape index (κ1) is 19.6. The molecule has 0 radical (unpaired) electrons. The third kappa shape index (κ3) is 4.31. The van der Waals surface area contributed by atoms with Crippen LogP contribution in [0.4, 0.5) is 15.9 Å². The number of anilines is 2. The lowest BCUT2D eigenvalue weighted by molar-refractivity contribution is 0.399. The molecule has 8 heteroatoms. The van der Waals surface area contributed by atoms with E-state index in [1.165, 1.54) is 12.3 Å². The Balaban J connectivity index is 1.56. The van der Waals surface area contributed by atoms with Crippen molar-refractivity contribution in [1.29, 1.82) is 0 Å². The number of halogens is 2. The monoisotopic (exact) mass is 422 g/mol. The molecule has 0 spiro atoms. The van der Waals surface area contributed by atoms with Gasteiger partial charge in [-0.1, -0.05) is 11.6 Å². The van der Waals surface area contributed by atoms with Crippen LogP contribution in [-0.4, -0.2) is 22.1 Å². The van der Waals surface area contributed by atoms with E-state index < -0.39 is 5.82 Å². The first-order valence-electron chi connectivity index (χ1n) is 8.94. The van der Waals surface area contributed by atoms with Crippen molar-refractivity contribution in [3.63, 3.8) is 0 Å². The highest BCUT2D eigenvalue weighted by Crippen LogP contribution is 2.35. The topological polar surface area (TPSA) is 69.2 Å². The van der Waals surface area contributed by atoms with Crippen LogP contribution in [-0.2, 0) is 0 Å². The number of nitrogens with zero attached hydrogens (tertiary/aromatic N) is 3. The second-order valence-corrected chi connectivity index (χ2v) is 6.59. The molecule has 0 saturated carbocycles. The molecule has 0 bridgehead atoms. The van der Waals surface area contributed by atoms with Gasteiger partial charge in [0, 0.05) is 35.4 Å². The first-order valence-corrected chi connectivity index (χ1v) is 9.32. The van der Waals surface area contributed by atoms with Crippen LogP contribution in [0.2, 0.25) is 5.02 Å². The molecule has 4 aromatic rings. The Labute approximate surface area is 177 Å². The number of rotatable bonds is 6. The zero-order valence-electron chi connectivity index (χ0n) is 15.8. The van der Waals surface area contributed by atoms with Crippen molar-refractivity contribution in [2.45, 2.75) is 0 Å². The number of hydrogen-bond acceptors (Lipinski definition) is 6. The molecule has 150 valence electrons. The van der Waals surface area contributed by atoms with Gasteiger partial charge in [-0.3, -0.25) is 0 Å². The van der Waals surface area contributed by atoms with Crippen molar-refractivity contribution >= 4 is 23.1 Å². The Morgan fingerprint density at radius 2 is 1.57 bits per heavy atom. The van der Waals surface area contributed by atoms with Crippen LogP contribution in [0.25, 0.3) is 11.1 Å². The molecule has 30 heavy (non-hydrogen) atoms. The van der Waals surface area contributed by atoms with Crippen molar-refractivity contribution in [3.05, 3.63) is 84.0 Å². The lowest BCUT2D eigenvalue weighted by Gasteiger charge is -2.12. The summed E-state index contributed by atoms with van der Waals surface area (Å²) in [6.07, 6.45) is 4.68. The van der Waals surface area contributed by atoms with Gasteiger partial charge in [0.15, 0.2) is 11.6 Å². The highest BCUT2D eigenvalue weighted by atomic mass is 35.5. The largest absolute Gasteiger partial charge is 0.481 e. The van der Waals surface area contributed by atoms with Crippen LogP contribution in [0.5, 0.6) is 17.5 Å². The van der Waals surface area contributed by atoms with Gasteiger partial charge in [0.25, 0.3) is 0 Å². The van der Waals surface area contributed by atoms with Crippen molar-refractivity contribution < 1.29 is 13.9 Å². The number of hydrogen-bond donors (Lipinski definition) is 1. The molecule has 3 heterocycles. The molecule has 4 rings (SSSR count). The van der Waals surface area contributed by atoms with E-state index in [1.807, 2.05) is 24.3 Å². The maximum absolute atomic E-state index is 13.9. The molecule has 3 aromatic heterocycles. The van der Waals surface area contributed by atoms with Crippen molar-refractivity contribution in [1.82, 2.24) is 15.0 Å². The number of ether oxygens (including phenoxy) is 2. The lowest BCUT2D eigenvalue weighted by Crippen LogP contribution is -1.97. The Hall–Kier alpha value is -3.71. The van der Waals surface area contributed by atoms with E-state index >= 15 is 0 Å². The molecular weight excluding hydrogens is 407 g/mol. The molecule has 1 aromatic carbocycles. The minimum Gasteiger partial charge on any atom is -0.481 e. The van der Waals surface area contributed by atoms with E-state index in [-0.39, 0.29) is 10.8 Å². The Kier molecular flexibility index (Phi) is 5.72. The quantitative estimate of drug-likeness (QED) is 0.418. The Bertz CT molecular complexity index is 1170. The van der Waals surface area contributed by atoms with Gasteiger partial charge in [0.05, 0.1) is 12.1 Å². The first-order chi connectivity index (χ1) is 14.6. The molecule has 6 nitrogen and oxygen atoms in total. The van der Waals surface area contributed by atoms with E-state index in [2.05, 4.69) is 20.3 Å². The second-order valence-electron chi connectivity index (χ2n) is 6.15. The van der Waals surface area contributed by atoms with Gasteiger partial charge in [0.1, 0.15) is 5.75 Å². The number of pyridine rings is 3. The smallest absolute Gasteiger partial charge is 0.227 e. The Morgan fingerprint density at radius 1 is 0.900 bits per heavy atom. The van der Waals surface area contributed by atoms with E-state index in [9.17, 15) is 4.39 Å². The summed E-state index contributed by atoms with van der Waals surface area (Å²) >= 11 is 5.73. The number of aromatic nitrogens is 3. The normalized spacial score (nSPS) is 10.5. The number of methoxy groups -OCH3 is 1. The molecular formula is C22H16ClFN4O2. The maximum atomic E-state index is 13.9. The predicted octanol–water partition coefficient (Wildman–Crippen LogP) is 5.88. The van der Waals surface area contributed by atoms with Gasteiger partial charge in [-0.2, -0.15) is 0 Å². The van der Waals surface area contributed by atoms with Crippen molar-refractivity contribution in [2.75, 3.05) is 12.4 Å². The van der Waals surface area contributed by atoms with Gasteiger partial charge < -0.3 is 14.8 Å². The van der Waals surface area contributed by atoms with Gasteiger partial charge >= 0.3 is 0 Å². The van der Waals surface area contributed by atoms with Crippen LogP contribution < -0.4 is 14.8 Å². The Morgan fingerprint density at radius 3 is 2.23 bits per heavy atom. The molecule has 0 aliphatic rings. The molecule has 0 amide bonds. The van der Waals surface area contributed by atoms with Crippen molar-refractivity contribution in [2.24, 2.45) is 0 Å². The fourth-order valence-corrected chi connectivity index (χ4v) is 2.94. The summed E-state index contributed by atoms with van der Waals surface area (Å²) in [5.41, 5.74) is 2.16. The summed E-state index contributed by atoms with van der Waals surface area (Å²) in [4.78, 5) is 12.5. The summed E-state index contributed by atoms with van der Waals surface area (Å²) < 4.78 is 25.2. The molecule has 0 fully saturated rings.